The van der Waals surface area contributed by atoms with Gasteiger partial charge in [0.05, 0.1) is 0 Å². The topological polar surface area (TPSA) is 36.9 Å². The van der Waals surface area contributed by atoms with Crippen molar-refractivity contribution in [3.05, 3.63) is 4.77 Å². The second-order valence-corrected chi connectivity index (χ2v) is 4.91. The van der Waals surface area contributed by atoms with Gasteiger partial charge in [0, 0.05) is 19.6 Å². The van der Waals surface area contributed by atoms with Crippen molar-refractivity contribution < 1.29 is 0 Å². The zero-order valence-corrected chi connectivity index (χ0v) is 10.9. The molecule has 0 fully saturated rings. The number of hydrogen-bond donors (Lipinski definition) is 1. The van der Waals surface area contributed by atoms with Crippen molar-refractivity contribution in [2.24, 2.45) is 13.0 Å². The first-order valence-corrected chi connectivity index (χ1v) is 5.72. The van der Waals surface area contributed by atoms with E-state index < -0.39 is 0 Å². The van der Waals surface area contributed by atoms with Gasteiger partial charge in [-0.15, -0.1) is 5.10 Å². The predicted molar refractivity (Wildman–Crippen MR) is 65.7 cm³/mol. The molecule has 1 aromatic rings. The second-order valence-electron chi connectivity index (χ2n) is 4.53. The molecule has 0 amide bonds. The van der Waals surface area contributed by atoms with E-state index in [1.807, 2.05) is 11.6 Å². The summed E-state index contributed by atoms with van der Waals surface area (Å²) in [6.45, 7) is 9.73. The first-order valence-electron chi connectivity index (χ1n) is 5.31. The summed E-state index contributed by atoms with van der Waals surface area (Å²) in [6, 6.07) is 0.427. The lowest BCUT2D eigenvalue weighted by Gasteiger charge is -2.28. The minimum absolute atomic E-state index is 0.427. The zero-order valence-electron chi connectivity index (χ0n) is 10.1. The van der Waals surface area contributed by atoms with Crippen LogP contribution in [0.2, 0.25) is 0 Å². The van der Waals surface area contributed by atoms with Crippen LogP contribution in [0.3, 0.4) is 0 Å². The Kier molecular flexibility index (Phi) is 3.90. The summed E-state index contributed by atoms with van der Waals surface area (Å²) in [5.74, 6) is 1.53. The molecule has 0 atom stereocenters. The zero-order chi connectivity index (χ0) is 11.6. The van der Waals surface area contributed by atoms with Crippen LogP contribution in [0.25, 0.3) is 0 Å². The lowest BCUT2D eigenvalue weighted by atomic mass is 10.2. The number of rotatable bonds is 4. The fourth-order valence-electron chi connectivity index (χ4n) is 1.51. The largest absolute Gasteiger partial charge is 0.338 e. The third-order valence-electron chi connectivity index (χ3n) is 2.30. The Bertz CT molecular complexity index is 364. The second kappa shape index (κ2) is 4.79. The summed E-state index contributed by atoms with van der Waals surface area (Å²) in [5, 5.41) is 7.08. The normalized spacial score (nSPS) is 11.4. The molecule has 0 aliphatic heterocycles. The van der Waals surface area contributed by atoms with Crippen LogP contribution in [0, 0.1) is 10.7 Å². The van der Waals surface area contributed by atoms with E-state index in [1.165, 1.54) is 0 Å². The van der Waals surface area contributed by atoms with Crippen LogP contribution in [0.1, 0.15) is 27.7 Å². The van der Waals surface area contributed by atoms with Crippen molar-refractivity contribution in [2.45, 2.75) is 33.7 Å². The lowest BCUT2D eigenvalue weighted by Crippen LogP contribution is -2.36. The number of aromatic amines is 1. The summed E-state index contributed by atoms with van der Waals surface area (Å²) >= 11 is 5.11. The Morgan fingerprint density at radius 3 is 2.33 bits per heavy atom. The molecule has 0 aliphatic rings. The number of aromatic nitrogens is 3. The highest BCUT2D eigenvalue weighted by Crippen LogP contribution is 2.15. The van der Waals surface area contributed by atoms with Gasteiger partial charge in [-0.1, -0.05) is 13.8 Å². The standard InChI is InChI=1S/C10H20N4S/c1-7(2)6-14(8(3)4)9-11-12-10(15)13(9)5/h7-8H,6H2,1-5H3,(H,12,15). The maximum absolute atomic E-state index is 5.11. The molecule has 0 aromatic carbocycles. The van der Waals surface area contributed by atoms with Crippen molar-refractivity contribution in [2.75, 3.05) is 11.4 Å². The monoisotopic (exact) mass is 228 g/mol. The van der Waals surface area contributed by atoms with Crippen LogP contribution < -0.4 is 4.90 Å². The van der Waals surface area contributed by atoms with Gasteiger partial charge in [0.15, 0.2) is 4.77 Å². The molecule has 0 saturated heterocycles. The van der Waals surface area contributed by atoms with Crippen molar-refractivity contribution >= 4 is 18.2 Å². The van der Waals surface area contributed by atoms with E-state index in [1.54, 1.807) is 0 Å². The summed E-state index contributed by atoms with van der Waals surface area (Å²) in [6.07, 6.45) is 0. The Hall–Kier alpha value is -0.840. The molecule has 0 unspecified atom stereocenters. The molecule has 15 heavy (non-hydrogen) atoms. The van der Waals surface area contributed by atoms with Crippen LogP contribution in [0.4, 0.5) is 5.95 Å². The average molecular weight is 228 g/mol. The Morgan fingerprint density at radius 2 is 2.00 bits per heavy atom. The molecule has 1 aromatic heterocycles. The lowest BCUT2D eigenvalue weighted by molar-refractivity contribution is 0.553. The maximum atomic E-state index is 5.11. The van der Waals surface area contributed by atoms with E-state index in [-0.39, 0.29) is 0 Å². The van der Waals surface area contributed by atoms with Gasteiger partial charge in [-0.3, -0.25) is 4.57 Å². The van der Waals surface area contributed by atoms with E-state index in [2.05, 4.69) is 42.8 Å². The summed E-state index contributed by atoms with van der Waals surface area (Å²) < 4.78 is 2.58. The van der Waals surface area contributed by atoms with Gasteiger partial charge in [-0.05, 0) is 32.0 Å². The van der Waals surface area contributed by atoms with Crippen molar-refractivity contribution in [1.82, 2.24) is 14.8 Å². The highest BCUT2D eigenvalue weighted by Gasteiger charge is 2.16. The quantitative estimate of drug-likeness (QED) is 0.804. The molecule has 0 bridgehead atoms. The van der Waals surface area contributed by atoms with Crippen molar-refractivity contribution in [3.8, 4) is 0 Å². The first-order chi connectivity index (χ1) is 6.93. The van der Waals surface area contributed by atoms with Crippen molar-refractivity contribution in [1.29, 1.82) is 0 Å². The van der Waals surface area contributed by atoms with Crippen LogP contribution in [0.5, 0.6) is 0 Å². The van der Waals surface area contributed by atoms with Crippen LogP contribution in [0.15, 0.2) is 0 Å². The van der Waals surface area contributed by atoms with Gasteiger partial charge in [-0.2, -0.15) is 0 Å². The summed E-state index contributed by atoms with van der Waals surface area (Å²) in [7, 11) is 1.94. The molecule has 1 heterocycles. The van der Waals surface area contributed by atoms with Gasteiger partial charge in [0.1, 0.15) is 0 Å². The predicted octanol–water partition coefficient (Wildman–Crippen LogP) is 2.35. The van der Waals surface area contributed by atoms with Gasteiger partial charge < -0.3 is 4.90 Å². The molecule has 4 nitrogen and oxygen atoms in total. The smallest absolute Gasteiger partial charge is 0.225 e. The highest BCUT2D eigenvalue weighted by atomic mass is 32.1. The Morgan fingerprint density at radius 1 is 1.40 bits per heavy atom. The van der Waals surface area contributed by atoms with Gasteiger partial charge in [0.2, 0.25) is 5.95 Å². The molecule has 0 saturated carbocycles. The number of nitrogens with zero attached hydrogens (tertiary/aromatic N) is 3. The van der Waals surface area contributed by atoms with E-state index >= 15 is 0 Å². The molecule has 1 rings (SSSR count). The average Bonchev–Trinajstić information content (AvgIpc) is 2.44. The van der Waals surface area contributed by atoms with E-state index in [4.69, 9.17) is 12.2 Å². The van der Waals surface area contributed by atoms with Crippen LogP contribution >= 0.6 is 12.2 Å². The molecule has 1 N–H and O–H groups in total. The molecule has 0 spiro atoms. The fourth-order valence-corrected chi connectivity index (χ4v) is 1.64. The number of H-pyrrole nitrogens is 1. The van der Waals surface area contributed by atoms with Gasteiger partial charge >= 0.3 is 0 Å². The number of nitrogens with one attached hydrogen (secondary N) is 1. The third kappa shape index (κ3) is 2.81. The number of anilines is 1. The fraction of sp³-hybridized carbons (Fsp3) is 0.800. The Labute approximate surface area is 96.3 Å². The molecule has 86 valence electrons. The maximum Gasteiger partial charge on any atom is 0.225 e. The van der Waals surface area contributed by atoms with Crippen molar-refractivity contribution in [3.63, 3.8) is 0 Å². The minimum Gasteiger partial charge on any atom is -0.338 e. The molecule has 0 aliphatic carbocycles. The highest BCUT2D eigenvalue weighted by molar-refractivity contribution is 7.71. The minimum atomic E-state index is 0.427. The molecular formula is C10H20N4S. The Balaban J connectivity index is 2.99. The van der Waals surface area contributed by atoms with Gasteiger partial charge in [0.25, 0.3) is 0 Å². The van der Waals surface area contributed by atoms with Gasteiger partial charge in [-0.25, -0.2) is 5.10 Å². The molecule has 5 heteroatoms. The third-order valence-corrected chi connectivity index (χ3v) is 2.66. The van der Waals surface area contributed by atoms with E-state index in [9.17, 15) is 0 Å². The first kappa shape index (κ1) is 12.2. The van der Waals surface area contributed by atoms with Crippen LogP contribution in [-0.4, -0.2) is 27.4 Å². The molecular weight excluding hydrogens is 208 g/mol. The SMILES string of the molecule is CC(C)CN(c1n[nH]c(=S)n1C)C(C)C. The van der Waals surface area contributed by atoms with E-state index in [0.29, 0.717) is 16.7 Å². The van der Waals surface area contributed by atoms with Crippen LogP contribution in [-0.2, 0) is 7.05 Å². The summed E-state index contributed by atoms with van der Waals surface area (Å²) in [5.41, 5.74) is 0. The number of hydrogen-bond acceptors (Lipinski definition) is 3. The summed E-state index contributed by atoms with van der Waals surface area (Å²) in [4.78, 5) is 2.26. The van der Waals surface area contributed by atoms with E-state index in [0.717, 1.165) is 12.5 Å². The molecule has 0 radical (unpaired) electrons.